The summed E-state index contributed by atoms with van der Waals surface area (Å²) in [5, 5.41) is 0. The summed E-state index contributed by atoms with van der Waals surface area (Å²) >= 11 is 0. The Morgan fingerprint density at radius 3 is 2.19 bits per heavy atom. The van der Waals surface area contributed by atoms with Crippen molar-refractivity contribution in [2.24, 2.45) is 5.84 Å². The van der Waals surface area contributed by atoms with Crippen LogP contribution < -0.4 is 16.0 Å². The molecule has 1 atom stereocenters. The zero-order chi connectivity index (χ0) is 15.3. The first kappa shape index (κ1) is 18.0. The van der Waals surface area contributed by atoms with Crippen LogP contribution in [0.4, 0.5) is 0 Å². The SMILES string of the molecule is CCCCCCCCCC(Cc1ccc(OC)cc1)NN. The molecule has 0 saturated carbocycles. The number of hydrazine groups is 1. The maximum Gasteiger partial charge on any atom is 0.118 e. The minimum atomic E-state index is 0.369. The lowest BCUT2D eigenvalue weighted by Crippen LogP contribution is -2.36. The molecule has 0 spiro atoms. The van der Waals surface area contributed by atoms with E-state index in [1.54, 1.807) is 7.11 Å². The molecule has 1 unspecified atom stereocenters. The molecule has 0 amide bonds. The van der Waals surface area contributed by atoms with Crippen molar-refractivity contribution in [3.8, 4) is 5.75 Å². The van der Waals surface area contributed by atoms with Crippen LogP contribution in [0.1, 0.15) is 63.9 Å². The van der Waals surface area contributed by atoms with E-state index in [2.05, 4.69) is 24.5 Å². The molecule has 1 aromatic rings. The van der Waals surface area contributed by atoms with E-state index in [0.717, 1.165) is 18.6 Å². The minimum Gasteiger partial charge on any atom is -0.497 e. The Kier molecular flexibility index (Phi) is 9.92. The maximum atomic E-state index is 5.68. The van der Waals surface area contributed by atoms with Gasteiger partial charge in [0.05, 0.1) is 7.11 Å². The molecule has 120 valence electrons. The second kappa shape index (κ2) is 11.6. The van der Waals surface area contributed by atoms with Gasteiger partial charge in [0.2, 0.25) is 0 Å². The molecule has 3 N–H and O–H groups in total. The smallest absolute Gasteiger partial charge is 0.118 e. The number of hydrogen-bond acceptors (Lipinski definition) is 3. The summed E-state index contributed by atoms with van der Waals surface area (Å²) in [7, 11) is 1.69. The molecule has 0 aliphatic rings. The van der Waals surface area contributed by atoms with E-state index in [1.165, 1.54) is 50.5 Å². The molecule has 0 aliphatic carbocycles. The third-order valence-corrected chi connectivity index (χ3v) is 4.03. The Bertz CT molecular complexity index is 351. The van der Waals surface area contributed by atoms with E-state index in [4.69, 9.17) is 10.6 Å². The highest BCUT2D eigenvalue weighted by atomic mass is 16.5. The summed E-state index contributed by atoms with van der Waals surface area (Å²) in [6.07, 6.45) is 11.5. The van der Waals surface area contributed by atoms with Gasteiger partial charge in [-0.2, -0.15) is 0 Å². The van der Waals surface area contributed by atoms with Crippen LogP contribution in [0.2, 0.25) is 0 Å². The minimum absolute atomic E-state index is 0.369. The number of hydrogen-bond donors (Lipinski definition) is 2. The molecule has 0 fully saturated rings. The third-order valence-electron chi connectivity index (χ3n) is 4.03. The Hall–Kier alpha value is -1.06. The van der Waals surface area contributed by atoms with Gasteiger partial charge < -0.3 is 4.74 Å². The third kappa shape index (κ3) is 8.08. The van der Waals surface area contributed by atoms with Crippen molar-refractivity contribution in [3.05, 3.63) is 29.8 Å². The second-order valence-electron chi connectivity index (χ2n) is 5.83. The van der Waals surface area contributed by atoms with Gasteiger partial charge in [0.15, 0.2) is 0 Å². The Morgan fingerprint density at radius 2 is 1.62 bits per heavy atom. The van der Waals surface area contributed by atoms with Crippen molar-refractivity contribution in [1.29, 1.82) is 0 Å². The molecule has 1 rings (SSSR count). The molecule has 21 heavy (non-hydrogen) atoms. The van der Waals surface area contributed by atoms with E-state index in [-0.39, 0.29) is 0 Å². The van der Waals surface area contributed by atoms with Gasteiger partial charge in [-0.1, -0.05) is 64.0 Å². The summed E-state index contributed by atoms with van der Waals surface area (Å²) in [5.74, 6) is 6.59. The van der Waals surface area contributed by atoms with Crippen molar-refractivity contribution < 1.29 is 4.74 Å². The van der Waals surface area contributed by atoms with Crippen molar-refractivity contribution >= 4 is 0 Å². The van der Waals surface area contributed by atoms with Gasteiger partial charge in [0, 0.05) is 6.04 Å². The summed E-state index contributed by atoms with van der Waals surface area (Å²) in [5.41, 5.74) is 4.27. The fourth-order valence-electron chi connectivity index (χ4n) is 2.64. The van der Waals surface area contributed by atoms with Crippen LogP contribution >= 0.6 is 0 Å². The van der Waals surface area contributed by atoms with Crippen LogP contribution in [0.3, 0.4) is 0 Å². The van der Waals surface area contributed by atoms with E-state index >= 15 is 0 Å². The van der Waals surface area contributed by atoms with Gasteiger partial charge in [0.25, 0.3) is 0 Å². The summed E-state index contributed by atoms with van der Waals surface area (Å²) in [6.45, 7) is 2.26. The van der Waals surface area contributed by atoms with E-state index in [0.29, 0.717) is 6.04 Å². The number of unbranched alkanes of at least 4 members (excludes halogenated alkanes) is 6. The number of benzene rings is 1. The molecule has 1 aromatic carbocycles. The lowest BCUT2D eigenvalue weighted by molar-refractivity contribution is 0.414. The topological polar surface area (TPSA) is 47.3 Å². The highest BCUT2D eigenvalue weighted by Gasteiger charge is 2.07. The van der Waals surface area contributed by atoms with Gasteiger partial charge in [-0.25, -0.2) is 0 Å². The van der Waals surface area contributed by atoms with E-state index in [9.17, 15) is 0 Å². The summed E-state index contributed by atoms with van der Waals surface area (Å²) in [6, 6.07) is 8.63. The molecular formula is C18H32N2O. The average Bonchev–Trinajstić information content (AvgIpc) is 2.53. The quantitative estimate of drug-likeness (QED) is 0.345. The van der Waals surface area contributed by atoms with Gasteiger partial charge in [-0.15, -0.1) is 0 Å². The molecule has 0 radical (unpaired) electrons. The molecule has 3 heteroatoms. The first-order valence-corrected chi connectivity index (χ1v) is 8.39. The van der Waals surface area contributed by atoms with Gasteiger partial charge in [-0.05, 0) is 30.5 Å². The Morgan fingerprint density at radius 1 is 1.00 bits per heavy atom. The van der Waals surface area contributed by atoms with Crippen molar-refractivity contribution in [2.45, 2.75) is 70.8 Å². The molecule has 0 bridgehead atoms. The predicted octanol–water partition coefficient (Wildman–Crippen LogP) is 4.21. The van der Waals surface area contributed by atoms with Gasteiger partial charge in [0.1, 0.15) is 5.75 Å². The van der Waals surface area contributed by atoms with Crippen LogP contribution in [0, 0.1) is 0 Å². The zero-order valence-corrected chi connectivity index (χ0v) is 13.7. The number of ether oxygens (including phenoxy) is 1. The highest BCUT2D eigenvalue weighted by Crippen LogP contribution is 2.15. The summed E-state index contributed by atoms with van der Waals surface area (Å²) < 4.78 is 5.18. The fourth-order valence-corrected chi connectivity index (χ4v) is 2.64. The molecule has 3 nitrogen and oxygen atoms in total. The Balaban J connectivity index is 2.18. The average molecular weight is 292 g/mol. The van der Waals surface area contributed by atoms with Crippen molar-refractivity contribution in [1.82, 2.24) is 5.43 Å². The lowest BCUT2D eigenvalue weighted by Gasteiger charge is -2.16. The largest absolute Gasteiger partial charge is 0.497 e. The number of rotatable bonds is 12. The van der Waals surface area contributed by atoms with Crippen LogP contribution in [-0.2, 0) is 6.42 Å². The van der Waals surface area contributed by atoms with Crippen molar-refractivity contribution in [2.75, 3.05) is 7.11 Å². The van der Waals surface area contributed by atoms with E-state index < -0.39 is 0 Å². The molecule has 0 heterocycles. The lowest BCUT2D eigenvalue weighted by atomic mass is 10.00. The first-order valence-electron chi connectivity index (χ1n) is 8.39. The fraction of sp³-hybridized carbons (Fsp3) is 0.667. The number of nitrogens with two attached hydrogens (primary N) is 1. The molecular weight excluding hydrogens is 260 g/mol. The van der Waals surface area contributed by atoms with Gasteiger partial charge in [-0.3, -0.25) is 11.3 Å². The standard InChI is InChI=1S/C18H32N2O/c1-3-4-5-6-7-8-9-10-17(20-19)15-16-11-13-18(21-2)14-12-16/h11-14,17,20H,3-10,15,19H2,1-2H3. The monoisotopic (exact) mass is 292 g/mol. The van der Waals surface area contributed by atoms with Gasteiger partial charge >= 0.3 is 0 Å². The number of methoxy groups -OCH3 is 1. The predicted molar refractivity (Wildman–Crippen MR) is 90.4 cm³/mol. The molecule has 0 saturated heterocycles. The first-order chi connectivity index (χ1) is 10.3. The molecule has 0 aliphatic heterocycles. The van der Waals surface area contributed by atoms with Crippen LogP contribution in [-0.4, -0.2) is 13.2 Å². The maximum absolute atomic E-state index is 5.68. The van der Waals surface area contributed by atoms with Crippen LogP contribution in [0.15, 0.2) is 24.3 Å². The van der Waals surface area contributed by atoms with Crippen LogP contribution in [0.5, 0.6) is 5.75 Å². The highest BCUT2D eigenvalue weighted by molar-refractivity contribution is 5.27. The second-order valence-corrected chi connectivity index (χ2v) is 5.83. The van der Waals surface area contributed by atoms with E-state index in [1.807, 2.05) is 12.1 Å². The Labute approximate surface area is 130 Å². The normalized spacial score (nSPS) is 12.3. The summed E-state index contributed by atoms with van der Waals surface area (Å²) in [4.78, 5) is 0. The van der Waals surface area contributed by atoms with Crippen molar-refractivity contribution in [3.63, 3.8) is 0 Å². The molecule has 0 aromatic heterocycles. The zero-order valence-electron chi connectivity index (χ0n) is 13.7. The van der Waals surface area contributed by atoms with Crippen LogP contribution in [0.25, 0.3) is 0 Å². The number of nitrogens with one attached hydrogen (secondary N) is 1.